The zero-order valence-corrected chi connectivity index (χ0v) is 18.5. The quantitative estimate of drug-likeness (QED) is 0.360. The highest BCUT2D eigenvalue weighted by Crippen LogP contribution is 2.48. The minimum atomic E-state index is -0.117. The van der Waals surface area contributed by atoms with Crippen LogP contribution in [-0.4, -0.2) is 24.5 Å². The smallest absolute Gasteiger partial charge is 0.191 e. The third kappa shape index (κ3) is 4.94. The Morgan fingerprint density at radius 2 is 2.04 bits per heavy atom. The Bertz CT molecular complexity index is 756. The molecule has 0 saturated heterocycles. The predicted octanol–water partition coefficient (Wildman–Crippen LogP) is 4.42. The molecule has 1 aliphatic rings. The summed E-state index contributed by atoms with van der Waals surface area (Å²) in [5, 5.41) is 9.79. The van der Waals surface area contributed by atoms with Gasteiger partial charge >= 0.3 is 0 Å². The standard InChI is InChI=1S/C19H25FN4S.HI/c1-13(2)16-11-25-17(24-16)10-22-18(21-3)23-12-19(8-9-19)14-6-4-5-7-15(14)20;/h4-7,11,13H,8-10,12H2,1-3H3,(H2,21,22,23);1H. The van der Waals surface area contributed by atoms with Crippen molar-refractivity contribution in [1.29, 1.82) is 0 Å². The molecule has 0 radical (unpaired) electrons. The fourth-order valence-electron chi connectivity index (χ4n) is 2.89. The Morgan fingerprint density at radius 3 is 2.62 bits per heavy atom. The van der Waals surface area contributed by atoms with Gasteiger partial charge in [0.15, 0.2) is 5.96 Å². The summed E-state index contributed by atoms with van der Waals surface area (Å²) < 4.78 is 14.1. The molecule has 0 bridgehead atoms. The van der Waals surface area contributed by atoms with Gasteiger partial charge in [0.25, 0.3) is 0 Å². The largest absolute Gasteiger partial charge is 0.356 e. The first-order valence-corrected chi connectivity index (χ1v) is 9.56. The Labute approximate surface area is 175 Å². The number of hydrogen-bond donors (Lipinski definition) is 2. The second-order valence-corrected chi connectivity index (χ2v) is 7.80. The van der Waals surface area contributed by atoms with Gasteiger partial charge in [0, 0.05) is 24.4 Å². The second-order valence-electron chi connectivity index (χ2n) is 6.86. The van der Waals surface area contributed by atoms with E-state index in [4.69, 9.17) is 0 Å². The fourth-order valence-corrected chi connectivity index (χ4v) is 3.78. The summed E-state index contributed by atoms with van der Waals surface area (Å²) in [5.74, 6) is 1.05. The molecule has 0 amide bonds. The molecule has 1 heterocycles. The molecule has 0 spiro atoms. The summed E-state index contributed by atoms with van der Waals surface area (Å²) in [4.78, 5) is 8.89. The van der Waals surface area contributed by atoms with Crippen molar-refractivity contribution in [2.45, 2.75) is 44.6 Å². The summed E-state index contributed by atoms with van der Waals surface area (Å²) >= 11 is 1.66. The van der Waals surface area contributed by atoms with Gasteiger partial charge in [-0.1, -0.05) is 32.0 Å². The molecule has 2 aromatic rings. The molecule has 1 aromatic heterocycles. The Hall–Kier alpha value is -1.22. The molecule has 4 nitrogen and oxygen atoms in total. The molecule has 7 heteroatoms. The number of guanidine groups is 1. The SMILES string of the molecule is CN=C(NCc1nc(C(C)C)cs1)NCC1(c2ccccc2F)CC1.I. The van der Waals surface area contributed by atoms with Crippen LogP contribution in [0.5, 0.6) is 0 Å². The van der Waals surface area contributed by atoms with E-state index in [-0.39, 0.29) is 35.2 Å². The minimum absolute atomic E-state index is 0. The average Bonchev–Trinajstić information content (AvgIpc) is 3.23. The van der Waals surface area contributed by atoms with Gasteiger partial charge in [-0.15, -0.1) is 35.3 Å². The zero-order chi connectivity index (χ0) is 17.9. The van der Waals surface area contributed by atoms with Crippen LogP contribution >= 0.6 is 35.3 Å². The Morgan fingerprint density at radius 1 is 1.31 bits per heavy atom. The van der Waals surface area contributed by atoms with Crippen molar-refractivity contribution in [3.63, 3.8) is 0 Å². The van der Waals surface area contributed by atoms with Crippen molar-refractivity contribution in [2.24, 2.45) is 4.99 Å². The molecule has 1 aliphatic carbocycles. The van der Waals surface area contributed by atoms with Crippen LogP contribution in [-0.2, 0) is 12.0 Å². The van der Waals surface area contributed by atoms with E-state index >= 15 is 0 Å². The lowest BCUT2D eigenvalue weighted by molar-refractivity contribution is 0.559. The third-order valence-electron chi connectivity index (χ3n) is 4.68. The topological polar surface area (TPSA) is 49.3 Å². The van der Waals surface area contributed by atoms with E-state index in [1.54, 1.807) is 24.5 Å². The molecule has 0 atom stereocenters. The maximum atomic E-state index is 14.1. The molecule has 1 saturated carbocycles. The van der Waals surface area contributed by atoms with Crippen molar-refractivity contribution >= 4 is 41.3 Å². The maximum absolute atomic E-state index is 14.1. The summed E-state index contributed by atoms with van der Waals surface area (Å²) in [6, 6.07) is 7.07. The fraction of sp³-hybridized carbons (Fsp3) is 0.474. The van der Waals surface area contributed by atoms with Crippen LogP contribution in [0.25, 0.3) is 0 Å². The summed E-state index contributed by atoms with van der Waals surface area (Å²) in [5.41, 5.74) is 1.83. The number of nitrogens with zero attached hydrogens (tertiary/aromatic N) is 2. The maximum Gasteiger partial charge on any atom is 0.191 e. The second kappa shape index (κ2) is 9.12. The van der Waals surface area contributed by atoms with Gasteiger partial charge in [0.2, 0.25) is 0 Å². The van der Waals surface area contributed by atoms with Gasteiger partial charge in [-0.3, -0.25) is 4.99 Å². The van der Waals surface area contributed by atoms with E-state index in [9.17, 15) is 4.39 Å². The number of benzene rings is 1. The van der Waals surface area contributed by atoms with Gasteiger partial charge in [-0.05, 0) is 30.4 Å². The van der Waals surface area contributed by atoms with E-state index in [0.717, 1.165) is 35.1 Å². The third-order valence-corrected chi connectivity index (χ3v) is 5.55. The lowest BCUT2D eigenvalue weighted by Gasteiger charge is -2.19. The van der Waals surface area contributed by atoms with Crippen LogP contribution in [0.15, 0.2) is 34.6 Å². The highest BCUT2D eigenvalue weighted by atomic mass is 127. The van der Waals surface area contributed by atoms with Crippen LogP contribution in [0.1, 0.15) is 48.9 Å². The molecule has 0 aliphatic heterocycles. The van der Waals surface area contributed by atoms with Crippen LogP contribution in [0, 0.1) is 5.82 Å². The zero-order valence-electron chi connectivity index (χ0n) is 15.4. The van der Waals surface area contributed by atoms with E-state index in [0.29, 0.717) is 19.0 Å². The van der Waals surface area contributed by atoms with Gasteiger partial charge in [-0.2, -0.15) is 0 Å². The summed E-state index contributed by atoms with van der Waals surface area (Å²) in [6.45, 7) is 5.61. The molecule has 1 aromatic carbocycles. The predicted molar refractivity (Wildman–Crippen MR) is 117 cm³/mol. The molecular weight excluding hydrogens is 462 g/mol. The van der Waals surface area contributed by atoms with Gasteiger partial charge < -0.3 is 10.6 Å². The normalized spacial score (nSPS) is 15.5. The minimum Gasteiger partial charge on any atom is -0.356 e. The van der Waals surface area contributed by atoms with Crippen molar-refractivity contribution in [2.75, 3.05) is 13.6 Å². The van der Waals surface area contributed by atoms with E-state index in [1.165, 1.54) is 6.07 Å². The number of hydrogen-bond acceptors (Lipinski definition) is 3. The first-order valence-electron chi connectivity index (χ1n) is 8.68. The molecule has 0 unspecified atom stereocenters. The van der Waals surface area contributed by atoms with Crippen LogP contribution < -0.4 is 10.6 Å². The molecule has 3 rings (SSSR count). The van der Waals surface area contributed by atoms with Gasteiger partial charge in [-0.25, -0.2) is 9.37 Å². The monoisotopic (exact) mass is 488 g/mol. The molecule has 1 fully saturated rings. The van der Waals surface area contributed by atoms with Crippen molar-refractivity contribution in [1.82, 2.24) is 15.6 Å². The Kier molecular flexibility index (Phi) is 7.40. The van der Waals surface area contributed by atoms with Gasteiger partial charge in [0.1, 0.15) is 10.8 Å². The lowest BCUT2D eigenvalue weighted by Crippen LogP contribution is -2.41. The first kappa shape index (κ1) is 21.1. The van der Waals surface area contributed by atoms with Crippen molar-refractivity contribution < 1.29 is 4.39 Å². The van der Waals surface area contributed by atoms with Crippen molar-refractivity contribution in [3.8, 4) is 0 Å². The first-order chi connectivity index (χ1) is 12.0. The van der Waals surface area contributed by atoms with Crippen LogP contribution in [0.3, 0.4) is 0 Å². The highest BCUT2D eigenvalue weighted by molar-refractivity contribution is 14.0. The number of nitrogens with one attached hydrogen (secondary N) is 2. The summed E-state index contributed by atoms with van der Waals surface area (Å²) in [7, 11) is 1.75. The number of halogens is 2. The van der Waals surface area contributed by atoms with E-state index in [2.05, 4.69) is 39.8 Å². The number of thiazole rings is 1. The number of aliphatic imine (C=N–C) groups is 1. The van der Waals surface area contributed by atoms with Crippen molar-refractivity contribution in [3.05, 3.63) is 51.7 Å². The van der Waals surface area contributed by atoms with E-state index in [1.807, 2.05) is 12.1 Å². The summed E-state index contributed by atoms with van der Waals surface area (Å²) in [6.07, 6.45) is 2.00. The molecule has 26 heavy (non-hydrogen) atoms. The molecular formula is C19H26FIN4S. The molecule has 142 valence electrons. The lowest BCUT2D eigenvalue weighted by atomic mass is 9.95. The molecule has 2 N–H and O–H groups in total. The van der Waals surface area contributed by atoms with E-state index < -0.39 is 0 Å². The average molecular weight is 488 g/mol. The number of aromatic nitrogens is 1. The van der Waals surface area contributed by atoms with Crippen LogP contribution in [0.2, 0.25) is 0 Å². The Balaban J connectivity index is 0.00000243. The van der Waals surface area contributed by atoms with Gasteiger partial charge in [0.05, 0.1) is 12.2 Å². The van der Waals surface area contributed by atoms with Crippen LogP contribution in [0.4, 0.5) is 4.39 Å². The highest BCUT2D eigenvalue weighted by Gasteiger charge is 2.45. The number of rotatable bonds is 6.